The van der Waals surface area contributed by atoms with Gasteiger partial charge in [-0.15, -0.1) is 0 Å². The molecule has 1 amide bonds. The maximum atomic E-state index is 12.7. The van der Waals surface area contributed by atoms with Crippen LogP contribution in [-0.4, -0.2) is 58.3 Å². The summed E-state index contributed by atoms with van der Waals surface area (Å²) in [7, 11) is 4.87. The number of ether oxygens (including phenoxy) is 3. The van der Waals surface area contributed by atoms with Crippen LogP contribution in [0.1, 0.15) is 5.56 Å². The van der Waals surface area contributed by atoms with E-state index in [1.807, 2.05) is 35.2 Å². The molecule has 0 aliphatic carbocycles. The average Bonchev–Trinajstić information content (AvgIpc) is 2.73. The minimum absolute atomic E-state index is 0.136. The van der Waals surface area contributed by atoms with E-state index >= 15 is 0 Å². The van der Waals surface area contributed by atoms with Crippen LogP contribution in [0.4, 0.5) is 5.69 Å². The zero-order chi connectivity index (χ0) is 19.2. The molecule has 1 saturated heterocycles. The van der Waals surface area contributed by atoms with Crippen molar-refractivity contribution in [2.75, 3.05) is 52.4 Å². The molecular formula is C21H26N2O4. The molecule has 0 atom stereocenters. The Morgan fingerprint density at radius 3 is 2.11 bits per heavy atom. The maximum absolute atomic E-state index is 12.7. The monoisotopic (exact) mass is 370 g/mol. The van der Waals surface area contributed by atoms with Gasteiger partial charge in [-0.25, -0.2) is 0 Å². The molecular weight excluding hydrogens is 344 g/mol. The summed E-state index contributed by atoms with van der Waals surface area (Å²) >= 11 is 0. The second-order valence-corrected chi connectivity index (χ2v) is 6.43. The molecule has 2 aromatic carbocycles. The van der Waals surface area contributed by atoms with E-state index in [1.54, 1.807) is 21.3 Å². The number of amides is 1. The Labute approximate surface area is 160 Å². The lowest BCUT2D eigenvalue weighted by molar-refractivity contribution is -0.130. The third-order valence-corrected chi connectivity index (χ3v) is 4.87. The molecule has 0 aromatic heterocycles. The third kappa shape index (κ3) is 4.45. The second kappa shape index (κ2) is 8.66. The standard InChI is InChI=1S/C21H26N2O4/c1-25-18-7-5-17(6-8-18)22-10-12-23(13-11-22)21(24)15-16-4-9-19(26-2)20(14-16)27-3/h4-9,14H,10-13,15H2,1-3H3. The molecule has 6 heteroatoms. The number of benzene rings is 2. The van der Waals surface area contributed by atoms with Crippen molar-refractivity contribution in [2.45, 2.75) is 6.42 Å². The summed E-state index contributed by atoms with van der Waals surface area (Å²) in [5.41, 5.74) is 2.08. The summed E-state index contributed by atoms with van der Waals surface area (Å²) in [6.07, 6.45) is 0.364. The van der Waals surface area contributed by atoms with Crippen LogP contribution in [0.2, 0.25) is 0 Å². The van der Waals surface area contributed by atoms with Crippen LogP contribution in [0.5, 0.6) is 17.2 Å². The molecule has 1 aliphatic rings. The predicted molar refractivity (Wildman–Crippen MR) is 105 cm³/mol. The smallest absolute Gasteiger partial charge is 0.227 e. The fourth-order valence-corrected chi connectivity index (χ4v) is 3.28. The highest BCUT2D eigenvalue weighted by Crippen LogP contribution is 2.28. The number of nitrogens with zero attached hydrogens (tertiary/aromatic N) is 2. The first-order valence-electron chi connectivity index (χ1n) is 9.02. The van der Waals surface area contributed by atoms with Crippen LogP contribution in [0.25, 0.3) is 0 Å². The maximum Gasteiger partial charge on any atom is 0.227 e. The van der Waals surface area contributed by atoms with Crippen molar-refractivity contribution in [3.05, 3.63) is 48.0 Å². The van der Waals surface area contributed by atoms with Crippen LogP contribution in [0, 0.1) is 0 Å². The highest BCUT2D eigenvalue weighted by Gasteiger charge is 2.21. The minimum Gasteiger partial charge on any atom is -0.497 e. The van der Waals surface area contributed by atoms with Crippen molar-refractivity contribution in [1.29, 1.82) is 0 Å². The first kappa shape index (κ1) is 18.9. The zero-order valence-electron chi connectivity index (χ0n) is 16.1. The van der Waals surface area contributed by atoms with Crippen LogP contribution in [0.15, 0.2) is 42.5 Å². The molecule has 0 saturated carbocycles. The number of hydrogen-bond acceptors (Lipinski definition) is 5. The number of carbonyl (C=O) groups excluding carboxylic acids is 1. The quantitative estimate of drug-likeness (QED) is 0.782. The van der Waals surface area contributed by atoms with E-state index in [9.17, 15) is 4.79 Å². The largest absolute Gasteiger partial charge is 0.497 e. The predicted octanol–water partition coefficient (Wildman–Crippen LogP) is 2.60. The van der Waals surface area contributed by atoms with Gasteiger partial charge in [-0.1, -0.05) is 6.07 Å². The number of anilines is 1. The highest BCUT2D eigenvalue weighted by molar-refractivity contribution is 5.79. The summed E-state index contributed by atoms with van der Waals surface area (Å²) in [4.78, 5) is 16.9. The number of rotatable bonds is 6. The Hall–Kier alpha value is -2.89. The van der Waals surface area contributed by atoms with Crippen LogP contribution < -0.4 is 19.1 Å². The topological polar surface area (TPSA) is 51.2 Å². The Bertz CT molecular complexity index is 768. The lowest BCUT2D eigenvalue weighted by Crippen LogP contribution is -2.49. The number of methoxy groups -OCH3 is 3. The van der Waals surface area contributed by atoms with Crippen molar-refractivity contribution in [3.63, 3.8) is 0 Å². The molecule has 27 heavy (non-hydrogen) atoms. The van der Waals surface area contributed by atoms with E-state index in [-0.39, 0.29) is 5.91 Å². The molecule has 3 rings (SSSR count). The summed E-state index contributed by atoms with van der Waals surface area (Å²) in [5, 5.41) is 0. The molecule has 0 radical (unpaired) electrons. The van der Waals surface area contributed by atoms with E-state index < -0.39 is 0 Å². The minimum atomic E-state index is 0.136. The fourth-order valence-electron chi connectivity index (χ4n) is 3.28. The van der Waals surface area contributed by atoms with Crippen LogP contribution in [-0.2, 0) is 11.2 Å². The molecule has 1 aliphatic heterocycles. The van der Waals surface area contributed by atoms with Gasteiger partial charge in [0.2, 0.25) is 5.91 Å². The molecule has 1 fully saturated rings. The third-order valence-electron chi connectivity index (χ3n) is 4.87. The molecule has 0 spiro atoms. The summed E-state index contributed by atoms with van der Waals surface area (Å²) < 4.78 is 15.8. The van der Waals surface area contributed by atoms with Crippen LogP contribution >= 0.6 is 0 Å². The first-order chi connectivity index (χ1) is 13.1. The molecule has 0 unspecified atom stereocenters. The van der Waals surface area contributed by atoms with Gasteiger partial charge in [0.25, 0.3) is 0 Å². The lowest BCUT2D eigenvalue weighted by Gasteiger charge is -2.36. The first-order valence-corrected chi connectivity index (χ1v) is 9.02. The van der Waals surface area contributed by atoms with E-state index in [2.05, 4.69) is 17.0 Å². The summed E-state index contributed by atoms with van der Waals surface area (Å²) in [6, 6.07) is 13.6. The highest BCUT2D eigenvalue weighted by atomic mass is 16.5. The van der Waals surface area contributed by atoms with Crippen molar-refractivity contribution < 1.29 is 19.0 Å². The lowest BCUT2D eigenvalue weighted by atomic mass is 10.1. The Morgan fingerprint density at radius 1 is 0.852 bits per heavy atom. The normalized spacial score (nSPS) is 14.0. The Kier molecular flexibility index (Phi) is 6.06. The zero-order valence-corrected chi connectivity index (χ0v) is 16.1. The SMILES string of the molecule is COc1ccc(N2CCN(C(=O)Cc3ccc(OC)c(OC)c3)CC2)cc1. The number of carbonyl (C=O) groups is 1. The number of piperazine rings is 1. The van der Waals surface area contributed by atoms with Gasteiger partial charge in [-0.05, 0) is 42.0 Å². The fraction of sp³-hybridized carbons (Fsp3) is 0.381. The summed E-state index contributed by atoms with van der Waals surface area (Å²) in [5.74, 6) is 2.30. The number of hydrogen-bond donors (Lipinski definition) is 0. The Balaban J connectivity index is 1.56. The van der Waals surface area contributed by atoms with Gasteiger partial charge in [-0.2, -0.15) is 0 Å². The van der Waals surface area contributed by atoms with E-state index in [1.165, 1.54) is 0 Å². The molecule has 1 heterocycles. The van der Waals surface area contributed by atoms with Gasteiger partial charge in [0.1, 0.15) is 5.75 Å². The summed E-state index contributed by atoms with van der Waals surface area (Å²) in [6.45, 7) is 3.09. The van der Waals surface area contributed by atoms with E-state index in [0.717, 1.165) is 43.2 Å². The van der Waals surface area contributed by atoms with Gasteiger partial charge in [-0.3, -0.25) is 4.79 Å². The van der Waals surface area contributed by atoms with Gasteiger partial charge in [0.05, 0.1) is 27.8 Å². The van der Waals surface area contributed by atoms with Gasteiger partial charge in [0.15, 0.2) is 11.5 Å². The molecule has 0 bridgehead atoms. The van der Waals surface area contributed by atoms with Crippen molar-refractivity contribution in [2.24, 2.45) is 0 Å². The van der Waals surface area contributed by atoms with Crippen molar-refractivity contribution in [3.8, 4) is 17.2 Å². The van der Waals surface area contributed by atoms with Crippen molar-refractivity contribution in [1.82, 2.24) is 4.90 Å². The van der Waals surface area contributed by atoms with E-state index in [0.29, 0.717) is 17.9 Å². The molecule has 2 aromatic rings. The van der Waals surface area contributed by atoms with Crippen LogP contribution in [0.3, 0.4) is 0 Å². The Morgan fingerprint density at radius 2 is 1.52 bits per heavy atom. The molecule has 144 valence electrons. The van der Waals surface area contributed by atoms with Gasteiger partial charge < -0.3 is 24.0 Å². The van der Waals surface area contributed by atoms with Gasteiger partial charge in [0, 0.05) is 31.9 Å². The van der Waals surface area contributed by atoms with Gasteiger partial charge >= 0.3 is 0 Å². The average molecular weight is 370 g/mol. The second-order valence-electron chi connectivity index (χ2n) is 6.43. The van der Waals surface area contributed by atoms with Crippen molar-refractivity contribution >= 4 is 11.6 Å². The van der Waals surface area contributed by atoms with E-state index in [4.69, 9.17) is 14.2 Å². The molecule has 6 nitrogen and oxygen atoms in total. The molecule has 0 N–H and O–H groups in total.